The van der Waals surface area contributed by atoms with Crippen molar-refractivity contribution in [3.63, 3.8) is 0 Å². The van der Waals surface area contributed by atoms with Crippen molar-refractivity contribution in [2.75, 3.05) is 38.6 Å². The molecule has 5 nitrogen and oxygen atoms in total. The number of nitrogens with zero attached hydrogens (tertiary/aromatic N) is 3. The first-order valence-electron chi connectivity index (χ1n) is 5.58. The van der Waals surface area contributed by atoms with Crippen molar-refractivity contribution < 1.29 is 0 Å². The van der Waals surface area contributed by atoms with E-state index in [2.05, 4.69) is 21.8 Å². The van der Waals surface area contributed by atoms with Gasteiger partial charge in [0.1, 0.15) is 0 Å². The van der Waals surface area contributed by atoms with Gasteiger partial charge in [0, 0.05) is 32.0 Å². The second-order valence-electron chi connectivity index (χ2n) is 4.03. The molecule has 1 heterocycles. The Morgan fingerprint density at radius 3 is 2.62 bits per heavy atom. The minimum absolute atomic E-state index is 0.116. The van der Waals surface area contributed by atoms with Crippen molar-refractivity contribution in [3.05, 3.63) is 22.7 Å². The predicted octanol–water partition coefficient (Wildman–Crippen LogP) is 0.548. The average Bonchev–Trinajstić information content (AvgIpc) is 2.25. The standard InChI is InChI=1S/C11H20N4O/c1-4-7-15(9-8-14(2)3)10-11(16)13-6-5-12-10/h5-6H,4,7-9H2,1-3H3,(H,13,16). The Balaban J connectivity index is 2.77. The molecule has 0 aliphatic rings. The van der Waals surface area contributed by atoms with E-state index in [1.807, 2.05) is 19.0 Å². The Morgan fingerprint density at radius 2 is 2.06 bits per heavy atom. The lowest BCUT2D eigenvalue weighted by Crippen LogP contribution is -2.36. The van der Waals surface area contributed by atoms with Crippen LogP contribution in [-0.4, -0.2) is 48.6 Å². The van der Waals surface area contributed by atoms with E-state index in [9.17, 15) is 4.79 Å². The maximum absolute atomic E-state index is 11.6. The third kappa shape index (κ3) is 3.66. The molecule has 0 aliphatic heterocycles. The van der Waals surface area contributed by atoms with Crippen LogP contribution in [0.1, 0.15) is 13.3 Å². The molecule has 5 heteroatoms. The number of H-pyrrole nitrogens is 1. The van der Waals surface area contributed by atoms with E-state index in [-0.39, 0.29) is 5.56 Å². The fraction of sp³-hybridized carbons (Fsp3) is 0.636. The summed E-state index contributed by atoms with van der Waals surface area (Å²) in [6.45, 7) is 4.69. The minimum atomic E-state index is -0.116. The first kappa shape index (κ1) is 12.7. The Morgan fingerprint density at radius 1 is 1.31 bits per heavy atom. The summed E-state index contributed by atoms with van der Waals surface area (Å²) in [6, 6.07) is 0. The first-order chi connectivity index (χ1) is 7.65. The van der Waals surface area contributed by atoms with Gasteiger partial charge in [0.2, 0.25) is 0 Å². The van der Waals surface area contributed by atoms with Crippen LogP contribution in [-0.2, 0) is 0 Å². The predicted molar refractivity (Wildman–Crippen MR) is 65.9 cm³/mol. The molecule has 0 radical (unpaired) electrons. The first-order valence-corrected chi connectivity index (χ1v) is 5.58. The van der Waals surface area contributed by atoms with Crippen molar-refractivity contribution in [1.29, 1.82) is 0 Å². The molecular weight excluding hydrogens is 204 g/mol. The van der Waals surface area contributed by atoms with Gasteiger partial charge in [-0.25, -0.2) is 4.98 Å². The van der Waals surface area contributed by atoms with Crippen LogP contribution in [0.5, 0.6) is 0 Å². The lowest BCUT2D eigenvalue weighted by Gasteiger charge is -2.23. The molecule has 0 saturated heterocycles. The highest BCUT2D eigenvalue weighted by molar-refractivity contribution is 5.34. The van der Waals surface area contributed by atoms with Crippen molar-refractivity contribution in [2.45, 2.75) is 13.3 Å². The zero-order chi connectivity index (χ0) is 12.0. The van der Waals surface area contributed by atoms with E-state index < -0.39 is 0 Å². The minimum Gasteiger partial charge on any atom is -0.351 e. The Bertz CT molecular complexity index is 361. The van der Waals surface area contributed by atoms with Gasteiger partial charge in [-0.2, -0.15) is 0 Å². The smallest absolute Gasteiger partial charge is 0.290 e. The third-order valence-electron chi connectivity index (χ3n) is 2.30. The second-order valence-corrected chi connectivity index (χ2v) is 4.03. The molecule has 1 rings (SSSR count). The maximum atomic E-state index is 11.6. The van der Waals surface area contributed by atoms with Crippen LogP contribution in [0.15, 0.2) is 17.2 Å². The monoisotopic (exact) mass is 224 g/mol. The molecule has 0 aromatic carbocycles. The molecule has 90 valence electrons. The lowest BCUT2D eigenvalue weighted by atomic mass is 10.4. The number of aromatic amines is 1. The summed E-state index contributed by atoms with van der Waals surface area (Å²) in [6.07, 6.45) is 4.18. The van der Waals surface area contributed by atoms with Crippen molar-refractivity contribution in [1.82, 2.24) is 14.9 Å². The SMILES string of the molecule is CCCN(CCN(C)C)c1ncc[nH]c1=O. The normalized spacial score (nSPS) is 10.8. The van der Waals surface area contributed by atoms with Gasteiger partial charge in [-0.05, 0) is 20.5 Å². The van der Waals surface area contributed by atoms with E-state index in [1.54, 1.807) is 12.4 Å². The number of aromatic nitrogens is 2. The Hall–Kier alpha value is -1.36. The molecule has 0 aliphatic carbocycles. The molecule has 0 atom stereocenters. The maximum Gasteiger partial charge on any atom is 0.290 e. The summed E-state index contributed by atoms with van der Waals surface area (Å²) in [5.74, 6) is 0.520. The van der Waals surface area contributed by atoms with E-state index >= 15 is 0 Å². The Kier molecular flexibility index (Phi) is 4.98. The highest BCUT2D eigenvalue weighted by Gasteiger charge is 2.10. The van der Waals surface area contributed by atoms with Gasteiger partial charge in [-0.1, -0.05) is 6.92 Å². The van der Waals surface area contributed by atoms with E-state index in [1.165, 1.54) is 0 Å². The van der Waals surface area contributed by atoms with Crippen molar-refractivity contribution in [3.8, 4) is 0 Å². The largest absolute Gasteiger partial charge is 0.351 e. The van der Waals surface area contributed by atoms with Gasteiger partial charge in [0.05, 0.1) is 0 Å². The van der Waals surface area contributed by atoms with Crippen molar-refractivity contribution >= 4 is 5.82 Å². The molecule has 0 spiro atoms. The summed E-state index contributed by atoms with van der Waals surface area (Å²) >= 11 is 0. The molecular formula is C11H20N4O. The molecule has 16 heavy (non-hydrogen) atoms. The topological polar surface area (TPSA) is 52.2 Å². The van der Waals surface area contributed by atoms with Crippen LogP contribution in [0.4, 0.5) is 5.82 Å². The van der Waals surface area contributed by atoms with Gasteiger partial charge >= 0.3 is 0 Å². The van der Waals surface area contributed by atoms with Crippen LogP contribution in [0.25, 0.3) is 0 Å². The summed E-state index contributed by atoms with van der Waals surface area (Å²) in [7, 11) is 4.04. The molecule has 0 amide bonds. The zero-order valence-electron chi connectivity index (χ0n) is 10.2. The van der Waals surface area contributed by atoms with Crippen LogP contribution < -0.4 is 10.5 Å². The van der Waals surface area contributed by atoms with Gasteiger partial charge in [0.25, 0.3) is 5.56 Å². The average molecular weight is 224 g/mol. The van der Waals surface area contributed by atoms with Gasteiger partial charge in [-0.3, -0.25) is 4.79 Å². The molecule has 1 N–H and O–H groups in total. The number of hydrogen-bond acceptors (Lipinski definition) is 4. The van der Waals surface area contributed by atoms with Crippen LogP contribution in [0.2, 0.25) is 0 Å². The summed E-state index contributed by atoms with van der Waals surface area (Å²) in [4.78, 5) is 22.5. The van der Waals surface area contributed by atoms with Crippen molar-refractivity contribution in [2.24, 2.45) is 0 Å². The fourth-order valence-corrected chi connectivity index (χ4v) is 1.48. The van der Waals surface area contributed by atoms with E-state index in [0.29, 0.717) is 5.82 Å². The zero-order valence-corrected chi connectivity index (χ0v) is 10.2. The lowest BCUT2D eigenvalue weighted by molar-refractivity contribution is 0.412. The number of rotatable bonds is 6. The van der Waals surface area contributed by atoms with E-state index in [0.717, 1.165) is 26.1 Å². The molecule has 0 unspecified atom stereocenters. The molecule has 0 fully saturated rings. The quantitative estimate of drug-likeness (QED) is 0.766. The molecule has 1 aromatic heterocycles. The highest BCUT2D eigenvalue weighted by Crippen LogP contribution is 2.03. The second kappa shape index (κ2) is 6.27. The summed E-state index contributed by atoms with van der Waals surface area (Å²) in [5, 5.41) is 0. The van der Waals surface area contributed by atoms with E-state index in [4.69, 9.17) is 0 Å². The number of nitrogens with one attached hydrogen (secondary N) is 1. The highest BCUT2D eigenvalue weighted by atomic mass is 16.1. The van der Waals surface area contributed by atoms with Gasteiger partial charge < -0.3 is 14.8 Å². The number of hydrogen-bond donors (Lipinski definition) is 1. The third-order valence-corrected chi connectivity index (χ3v) is 2.30. The molecule has 0 saturated carbocycles. The van der Waals surface area contributed by atoms with Gasteiger partial charge in [0.15, 0.2) is 5.82 Å². The van der Waals surface area contributed by atoms with Crippen LogP contribution >= 0.6 is 0 Å². The summed E-state index contributed by atoms with van der Waals surface area (Å²) < 4.78 is 0. The molecule has 1 aromatic rings. The summed E-state index contributed by atoms with van der Waals surface area (Å²) in [5.41, 5.74) is -0.116. The Labute approximate surface area is 96.1 Å². The number of anilines is 1. The van der Waals surface area contributed by atoms with Gasteiger partial charge in [-0.15, -0.1) is 0 Å². The number of likely N-dealkylation sites (N-methyl/N-ethyl adjacent to an activating group) is 1. The molecule has 0 bridgehead atoms. The fourth-order valence-electron chi connectivity index (χ4n) is 1.48. The van der Waals surface area contributed by atoms with Crippen LogP contribution in [0.3, 0.4) is 0 Å². The van der Waals surface area contributed by atoms with Crippen LogP contribution in [0, 0.1) is 0 Å².